The molecule has 0 radical (unpaired) electrons. The third kappa shape index (κ3) is 2.31. The number of fused-ring (bicyclic) bond motifs is 1. The third-order valence-corrected chi connectivity index (χ3v) is 3.68. The molecule has 0 aliphatic carbocycles. The van der Waals surface area contributed by atoms with E-state index in [1.807, 2.05) is 0 Å². The van der Waals surface area contributed by atoms with E-state index in [1.54, 1.807) is 12.1 Å². The lowest BCUT2D eigenvalue weighted by molar-refractivity contribution is 0.0924. The second-order valence-corrected chi connectivity index (χ2v) is 5.14. The van der Waals surface area contributed by atoms with Gasteiger partial charge in [0.05, 0.1) is 23.2 Å². The van der Waals surface area contributed by atoms with Gasteiger partial charge in [-0.1, -0.05) is 23.2 Å². The molecule has 2 aromatic heterocycles. The molecule has 0 spiro atoms. The van der Waals surface area contributed by atoms with Gasteiger partial charge < -0.3 is 5.11 Å². The number of carbonyl (C=O) groups excluding carboxylic acids is 2. The maximum Gasteiger partial charge on any atom is 0.286 e. The second-order valence-electron chi connectivity index (χ2n) is 4.13. The number of imide groups is 1. The van der Waals surface area contributed by atoms with Crippen LogP contribution in [0.2, 0.25) is 0 Å². The molecule has 0 fully saturated rings. The first-order valence-electron chi connectivity index (χ1n) is 6.11. The van der Waals surface area contributed by atoms with E-state index in [2.05, 4.69) is 21.8 Å². The van der Waals surface area contributed by atoms with Crippen LogP contribution in [0.5, 0.6) is 0 Å². The number of aromatic nitrogens is 2. The molecule has 21 heavy (non-hydrogen) atoms. The predicted molar refractivity (Wildman–Crippen MR) is 76.1 cm³/mol. The van der Waals surface area contributed by atoms with E-state index in [1.165, 1.54) is 12.4 Å². The van der Waals surface area contributed by atoms with E-state index in [0.717, 1.165) is 16.2 Å². The van der Waals surface area contributed by atoms with Crippen molar-refractivity contribution in [3.8, 4) is 11.8 Å². The molecule has 0 bridgehead atoms. The zero-order valence-corrected chi connectivity index (χ0v) is 11.6. The molecule has 3 heterocycles. The van der Waals surface area contributed by atoms with Crippen LogP contribution in [0.15, 0.2) is 24.5 Å². The summed E-state index contributed by atoms with van der Waals surface area (Å²) in [4.78, 5) is 34.1. The van der Waals surface area contributed by atoms with Gasteiger partial charge in [-0.15, -0.1) is 0 Å². The Bertz CT molecular complexity index is 753. The standard InChI is InChI=1S/C14H9N3O3S/c18-7-2-1-4-9-8-16-14(21-9)17-12(19)10-5-3-6-15-11(10)13(17)20/h3,5-6,8,18H,2,7H2. The molecule has 6 nitrogen and oxygen atoms in total. The van der Waals surface area contributed by atoms with Gasteiger partial charge in [0, 0.05) is 12.6 Å². The summed E-state index contributed by atoms with van der Waals surface area (Å²) in [5.41, 5.74) is 0.427. The van der Waals surface area contributed by atoms with E-state index in [0.29, 0.717) is 11.3 Å². The van der Waals surface area contributed by atoms with Crippen molar-refractivity contribution in [2.75, 3.05) is 11.5 Å². The van der Waals surface area contributed by atoms with E-state index in [4.69, 9.17) is 5.11 Å². The number of nitrogens with zero attached hydrogens (tertiary/aromatic N) is 3. The minimum Gasteiger partial charge on any atom is -0.395 e. The summed E-state index contributed by atoms with van der Waals surface area (Å²) < 4.78 is 0. The molecule has 7 heteroatoms. The smallest absolute Gasteiger partial charge is 0.286 e. The topological polar surface area (TPSA) is 83.4 Å². The fourth-order valence-electron chi connectivity index (χ4n) is 1.87. The molecule has 0 aromatic carbocycles. The van der Waals surface area contributed by atoms with Crippen molar-refractivity contribution < 1.29 is 14.7 Å². The Labute approximate surface area is 124 Å². The average molecular weight is 299 g/mol. The fourth-order valence-corrected chi connectivity index (χ4v) is 2.66. The Hall–Kier alpha value is -2.56. The maximum atomic E-state index is 12.2. The minimum atomic E-state index is -0.472. The van der Waals surface area contributed by atoms with Crippen LogP contribution in [0.25, 0.3) is 0 Å². The highest BCUT2D eigenvalue weighted by atomic mass is 32.1. The summed E-state index contributed by atoms with van der Waals surface area (Å²) in [6.45, 7) is -0.0112. The summed E-state index contributed by atoms with van der Waals surface area (Å²) in [5.74, 6) is 4.69. The molecule has 0 atom stereocenters. The van der Waals surface area contributed by atoms with Crippen LogP contribution < -0.4 is 4.90 Å². The van der Waals surface area contributed by atoms with Crippen molar-refractivity contribution >= 4 is 28.3 Å². The van der Waals surface area contributed by atoms with E-state index in [-0.39, 0.29) is 23.0 Å². The highest BCUT2D eigenvalue weighted by molar-refractivity contribution is 7.16. The number of hydrogen-bond acceptors (Lipinski definition) is 6. The van der Waals surface area contributed by atoms with E-state index < -0.39 is 11.8 Å². The van der Waals surface area contributed by atoms with Crippen molar-refractivity contribution in [2.24, 2.45) is 0 Å². The largest absolute Gasteiger partial charge is 0.395 e. The van der Waals surface area contributed by atoms with Crippen molar-refractivity contribution in [3.05, 3.63) is 40.7 Å². The van der Waals surface area contributed by atoms with E-state index in [9.17, 15) is 9.59 Å². The number of anilines is 1. The first-order valence-corrected chi connectivity index (χ1v) is 6.93. The molecule has 0 saturated carbocycles. The third-order valence-electron chi connectivity index (χ3n) is 2.78. The van der Waals surface area contributed by atoms with Crippen molar-refractivity contribution in [2.45, 2.75) is 6.42 Å². The second kappa shape index (κ2) is 5.44. The fraction of sp³-hybridized carbons (Fsp3) is 0.143. The zero-order chi connectivity index (χ0) is 14.8. The Morgan fingerprint density at radius 2 is 2.14 bits per heavy atom. The first-order chi connectivity index (χ1) is 10.2. The number of hydrogen-bond donors (Lipinski definition) is 1. The molecule has 104 valence electrons. The van der Waals surface area contributed by atoms with Crippen LogP contribution in [0, 0.1) is 11.8 Å². The molecule has 2 aromatic rings. The normalized spacial score (nSPS) is 13.1. The van der Waals surface area contributed by atoms with Crippen LogP contribution >= 0.6 is 11.3 Å². The summed E-state index contributed by atoms with van der Waals surface area (Å²) in [6.07, 6.45) is 3.34. The summed E-state index contributed by atoms with van der Waals surface area (Å²) in [6, 6.07) is 3.18. The summed E-state index contributed by atoms with van der Waals surface area (Å²) >= 11 is 1.15. The summed E-state index contributed by atoms with van der Waals surface area (Å²) in [5, 5.41) is 8.95. The van der Waals surface area contributed by atoms with Gasteiger partial charge in [0.2, 0.25) is 5.13 Å². The SMILES string of the molecule is O=C1c2cccnc2C(=O)N1c1ncc(C#CCCO)s1. The molecule has 0 saturated heterocycles. The molecule has 1 aliphatic rings. The molecule has 1 N–H and O–H groups in total. The number of amides is 2. The Balaban J connectivity index is 1.91. The number of rotatable bonds is 2. The number of aliphatic hydroxyl groups is 1. The Morgan fingerprint density at radius 1 is 1.29 bits per heavy atom. The monoisotopic (exact) mass is 299 g/mol. The van der Waals surface area contributed by atoms with Gasteiger partial charge in [0.25, 0.3) is 11.8 Å². The lowest BCUT2D eigenvalue weighted by Crippen LogP contribution is -2.29. The first kappa shape index (κ1) is 13.4. The van der Waals surface area contributed by atoms with Crippen LogP contribution in [-0.2, 0) is 0 Å². The average Bonchev–Trinajstić information content (AvgIpc) is 3.04. The van der Waals surface area contributed by atoms with Crippen LogP contribution in [0.4, 0.5) is 5.13 Å². The number of thiazole rings is 1. The predicted octanol–water partition coefficient (Wildman–Crippen LogP) is 1.07. The molecular formula is C14H9N3O3S. The molecule has 0 unspecified atom stereocenters. The molecule has 2 amide bonds. The molecular weight excluding hydrogens is 290 g/mol. The molecule has 1 aliphatic heterocycles. The highest BCUT2D eigenvalue weighted by Gasteiger charge is 2.39. The maximum absolute atomic E-state index is 12.2. The quantitative estimate of drug-likeness (QED) is 0.662. The highest BCUT2D eigenvalue weighted by Crippen LogP contribution is 2.29. The van der Waals surface area contributed by atoms with Gasteiger partial charge >= 0.3 is 0 Å². The van der Waals surface area contributed by atoms with Crippen LogP contribution in [0.1, 0.15) is 32.1 Å². The summed E-state index contributed by atoms with van der Waals surface area (Å²) in [7, 11) is 0. The molecule has 3 rings (SSSR count). The van der Waals surface area contributed by atoms with Gasteiger partial charge in [0.15, 0.2) is 0 Å². The van der Waals surface area contributed by atoms with Gasteiger partial charge in [-0.05, 0) is 12.1 Å². The minimum absolute atomic E-state index is 0.0112. The number of pyridine rings is 1. The van der Waals surface area contributed by atoms with Crippen molar-refractivity contribution in [1.82, 2.24) is 9.97 Å². The van der Waals surface area contributed by atoms with Gasteiger partial charge in [-0.3, -0.25) is 14.6 Å². The van der Waals surface area contributed by atoms with Gasteiger partial charge in [-0.2, -0.15) is 0 Å². The number of carbonyl (C=O) groups is 2. The van der Waals surface area contributed by atoms with Gasteiger partial charge in [0.1, 0.15) is 5.69 Å². The van der Waals surface area contributed by atoms with Crippen LogP contribution in [-0.4, -0.2) is 33.5 Å². The zero-order valence-electron chi connectivity index (χ0n) is 10.7. The van der Waals surface area contributed by atoms with Gasteiger partial charge in [-0.25, -0.2) is 9.88 Å². The van der Waals surface area contributed by atoms with Crippen molar-refractivity contribution in [1.29, 1.82) is 0 Å². The lowest BCUT2D eigenvalue weighted by atomic mass is 10.2. The Morgan fingerprint density at radius 3 is 2.90 bits per heavy atom. The number of aliphatic hydroxyl groups excluding tert-OH is 1. The van der Waals surface area contributed by atoms with E-state index >= 15 is 0 Å². The van der Waals surface area contributed by atoms with Crippen molar-refractivity contribution in [3.63, 3.8) is 0 Å². The Kier molecular flexibility index (Phi) is 3.48. The lowest BCUT2D eigenvalue weighted by Gasteiger charge is -2.07. The van der Waals surface area contributed by atoms with Crippen LogP contribution in [0.3, 0.4) is 0 Å².